The first-order valence-electron chi connectivity index (χ1n) is 9.89. The lowest BCUT2D eigenvalue weighted by Crippen LogP contribution is -2.41. The van der Waals surface area contributed by atoms with Gasteiger partial charge in [0.1, 0.15) is 5.82 Å². The van der Waals surface area contributed by atoms with Crippen LogP contribution in [0.5, 0.6) is 0 Å². The number of hydrogen-bond donors (Lipinski definition) is 1. The molecule has 1 fully saturated rings. The van der Waals surface area contributed by atoms with Crippen molar-refractivity contribution in [2.24, 2.45) is 5.92 Å². The summed E-state index contributed by atoms with van der Waals surface area (Å²) >= 11 is 6.16. The molecule has 1 N–H and O–H groups in total. The molecule has 1 aromatic heterocycles. The Balaban J connectivity index is 1.43. The standard InChI is InChI=1S/C23H22ClFN4O/c1-15-7-8-20(11-21(15)24)28-22(30)17-5-3-9-29(14-17)23-26-12-18(13-27-23)16-4-2-6-19(25)10-16/h2,4,6-8,10-13,17H,3,5,9,14H2,1H3,(H,28,30)/t17-/m1/s1. The zero-order chi connectivity index (χ0) is 21.1. The topological polar surface area (TPSA) is 58.1 Å². The van der Waals surface area contributed by atoms with Crippen molar-refractivity contribution in [2.45, 2.75) is 19.8 Å². The largest absolute Gasteiger partial charge is 0.340 e. The van der Waals surface area contributed by atoms with Gasteiger partial charge in [0.15, 0.2) is 0 Å². The number of aryl methyl sites for hydroxylation is 1. The molecule has 30 heavy (non-hydrogen) atoms. The highest BCUT2D eigenvalue weighted by molar-refractivity contribution is 6.31. The molecule has 0 spiro atoms. The third-order valence-corrected chi connectivity index (χ3v) is 5.72. The molecule has 0 unspecified atom stereocenters. The Hall–Kier alpha value is -2.99. The molecule has 0 radical (unpaired) electrons. The number of benzene rings is 2. The van der Waals surface area contributed by atoms with Crippen LogP contribution in [0, 0.1) is 18.7 Å². The molecule has 1 saturated heterocycles. The highest BCUT2D eigenvalue weighted by Gasteiger charge is 2.27. The summed E-state index contributed by atoms with van der Waals surface area (Å²) in [6.45, 7) is 3.26. The van der Waals surface area contributed by atoms with Gasteiger partial charge in [0.2, 0.25) is 11.9 Å². The van der Waals surface area contributed by atoms with Crippen LogP contribution in [-0.4, -0.2) is 29.0 Å². The zero-order valence-electron chi connectivity index (χ0n) is 16.6. The molecule has 154 valence electrons. The van der Waals surface area contributed by atoms with Crippen LogP contribution in [0.4, 0.5) is 16.0 Å². The molecule has 3 aromatic rings. The monoisotopic (exact) mass is 424 g/mol. The average Bonchev–Trinajstić information content (AvgIpc) is 2.76. The van der Waals surface area contributed by atoms with Crippen molar-refractivity contribution in [2.75, 3.05) is 23.3 Å². The summed E-state index contributed by atoms with van der Waals surface area (Å²) in [5.74, 6) is 0.0867. The molecule has 4 rings (SSSR count). The van der Waals surface area contributed by atoms with Crippen molar-refractivity contribution in [1.29, 1.82) is 0 Å². The van der Waals surface area contributed by atoms with E-state index < -0.39 is 0 Å². The molecule has 2 heterocycles. The quantitative estimate of drug-likeness (QED) is 0.633. The number of nitrogens with zero attached hydrogens (tertiary/aromatic N) is 3. The molecule has 0 saturated carbocycles. The maximum Gasteiger partial charge on any atom is 0.229 e. The number of amides is 1. The first-order valence-corrected chi connectivity index (χ1v) is 10.3. The van der Waals surface area contributed by atoms with Crippen molar-refractivity contribution < 1.29 is 9.18 Å². The Kier molecular flexibility index (Phi) is 5.95. The van der Waals surface area contributed by atoms with Gasteiger partial charge in [0.25, 0.3) is 0 Å². The van der Waals surface area contributed by atoms with Gasteiger partial charge in [0, 0.05) is 41.8 Å². The fraction of sp³-hybridized carbons (Fsp3) is 0.261. The second-order valence-corrected chi connectivity index (χ2v) is 7.93. The van der Waals surface area contributed by atoms with Gasteiger partial charge in [-0.1, -0.05) is 29.8 Å². The number of hydrogen-bond acceptors (Lipinski definition) is 4. The van der Waals surface area contributed by atoms with E-state index in [1.165, 1.54) is 12.1 Å². The Morgan fingerprint density at radius 3 is 2.70 bits per heavy atom. The van der Waals surface area contributed by atoms with Crippen LogP contribution in [0.1, 0.15) is 18.4 Å². The van der Waals surface area contributed by atoms with Gasteiger partial charge in [-0.15, -0.1) is 0 Å². The summed E-state index contributed by atoms with van der Waals surface area (Å²) < 4.78 is 13.4. The van der Waals surface area contributed by atoms with Crippen molar-refractivity contribution in [3.8, 4) is 11.1 Å². The van der Waals surface area contributed by atoms with E-state index in [1.807, 2.05) is 30.0 Å². The minimum atomic E-state index is -0.295. The van der Waals surface area contributed by atoms with Gasteiger partial charge in [-0.25, -0.2) is 14.4 Å². The van der Waals surface area contributed by atoms with Crippen LogP contribution < -0.4 is 10.2 Å². The molecule has 7 heteroatoms. The van der Waals surface area contributed by atoms with E-state index in [4.69, 9.17) is 11.6 Å². The summed E-state index contributed by atoms with van der Waals surface area (Å²) in [7, 11) is 0. The van der Waals surface area contributed by atoms with Crippen LogP contribution in [0.25, 0.3) is 11.1 Å². The SMILES string of the molecule is Cc1ccc(NC(=O)[C@@H]2CCCN(c3ncc(-c4cccc(F)c4)cn3)C2)cc1Cl. The minimum Gasteiger partial charge on any atom is -0.340 e. The smallest absolute Gasteiger partial charge is 0.229 e. The molecule has 2 aromatic carbocycles. The number of rotatable bonds is 4. The summed E-state index contributed by atoms with van der Waals surface area (Å²) in [4.78, 5) is 23.7. The number of nitrogens with one attached hydrogen (secondary N) is 1. The highest BCUT2D eigenvalue weighted by atomic mass is 35.5. The maximum absolute atomic E-state index is 13.4. The minimum absolute atomic E-state index is 0.0315. The molecule has 0 bridgehead atoms. The van der Waals surface area contributed by atoms with Crippen molar-refractivity contribution >= 4 is 29.1 Å². The summed E-state index contributed by atoms with van der Waals surface area (Å²) in [6.07, 6.45) is 5.06. The number of carbonyl (C=O) groups excluding carboxylic acids is 1. The summed E-state index contributed by atoms with van der Waals surface area (Å²) in [6, 6.07) is 11.9. The van der Waals surface area contributed by atoms with Gasteiger partial charge in [-0.3, -0.25) is 4.79 Å². The zero-order valence-corrected chi connectivity index (χ0v) is 17.4. The van der Waals surface area contributed by atoms with E-state index >= 15 is 0 Å². The first kappa shape index (κ1) is 20.3. The van der Waals surface area contributed by atoms with Gasteiger partial charge in [-0.05, 0) is 55.2 Å². The van der Waals surface area contributed by atoms with Crippen molar-refractivity contribution in [3.05, 3.63) is 71.3 Å². The van der Waals surface area contributed by atoms with E-state index in [9.17, 15) is 9.18 Å². The Bertz CT molecular complexity index is 1060. The van der Waals surface area contributed by atoms with E-state index in [0.717, 1.165) is 36.1 Å². The molecular weight excluding hydrogens is 403 g/mol. The molecule has 1 amide bonds. The lowest BCUT2D eigenvalue weighted by atomic mass is 9.97. The Labute approximate surface area is 179 Å². The van der Waals surface area contributed by atoms with Crippen LogP contribution in [-0.2, 0) is 4.79 Å². The van der Waals surface area contributed by atoms with Crippen LogP contribution in [0.15, 0.2) is 54.9 Å². The normalized spacial score (nSPS) is 16.4. The second-order valence-electron chi connectivity index (χ2n) is 7.52. The Morgan fingerprint density at radius 2 is 1.97 bits per heavy atom. The van der Waals surface area contributed by atoms with Crippen molar-refractivity contribution in [3.63, 3.8) is 0 Å². The summed E-state index contributed by atoms with van der Waals surface area (Å²) in [5.41, 5.74) is 3.15. The van der Waals surface area contributed by atoms with Crippen molar-refractivity contribution in [1.82, 2.24) is 9.97 Å². The molecule has 1 aliphatic rings. The number of halogens is 2. The third-order valence-electron chi connectivity index (χ3n) is 5.31. The van der Waals surface area contributed by atoms with Gasteiger partial charge in [0.05, 0.1) is 5.92 Å². The second kappa shape index (κ2) is 8.79. The lowest BCUT2D eigenvalue weighted by Gasteiger charge is -2.32. The van der Waals surface area contributed by atoms with Crippen LogP contribution in [0.2, 0.25) is 5.02 Å². The molecular formula is C23H22ClFN4O. The number of piperidine rings is 1. The number of carbonyl (C=O) groups is 1. The van der Waals surface area contributed by atoms with Gasteiger partial charge >= 0.3 is 0 Å². The van der Waals surface area contributed by atoms with E-state index in [0.29, 0.717) is 23.2 Å². The van der Waals surface area contributed by atoms with E-state index in [2.05, 4.69) is 15.3 Å². The van der Waals surface area contributed by atoms with E-state index in [1.54, 1.807) is 24.5 Å². The third kappa shape index (κ3) is 4.60. The first-order chi connectivity index (χ1) is 14.5. The van der Waals surface area contributed by atoms with Gasteiger partial charge in [-0.2, -0.15) is 0 Å². The fourth-order valence-corrected chi connectivity index (χ4v) is 3.77. The number of aromatic nitrogens is 2. The Morgan fingerprint density at radius 1 is 1.17 bits per heavy atom. The lowest BCUT2D eigenvalue weighted by molar-refractivity contribution is -0.120. The highest BCUT2D eigenvalue weighted by Crippen LogP contribution is 2.25. The average molecular weight is 425 g/mol. The van der Waals surface area contributed by atoms with Crippen LogP contribution >= 0.6 is 11.6 Å². The van der Waals surface area contributed by atoms with Crippen LogP contribution in [0.3, 0.4) is 0 Å². The fourth-order valence-electron chi connectivity index (χ4n) is 3.59. The van der Waals surface area contributed by atoms with Gasteiger partial charge < -0.3 is 10.2 Å². The molecule has 5 nitrogen and oxygen atoms in total. The maximum atomic E-state index is 13.4. The molecule has 0 aliphatic carbocycles. The summed E-state index contributed by atoms with van der Waals surface area (Å²) in [5, 5.41) is 3.59. The molecule has 1 atom stereocenters. The predicted molar refractivity (Wildman–Crippen MR) is 117 cm³/mol. The predicted octanol–water partition coefficient (Wildman–Crippen LogP) is 5.10. The van der Waals surface area contributed by atoms with E-state index in [-0.39, 0.29) is 17.6 Å². The number of anilines is 2. The molecule has 1 aliphatic heterocycles.